The summed E-state index contributed by atoms with van der Waals surface area (Å²) in [5.74, 6) is 0.473. The molecule has 0 saturated carbocycles. The third-order valence-electron chi connectivity index (χ3n) is 4.81. The topological polar surface area (TPSA) is 92.5 Å². The summed E-state index contributed by atoms with van der Waals surface area (Å²) in [6.45, 7) is 5.57. The monoisotopic (exact) mass is 427 g/mol. The molecule has 3 rings (SSSR count). The predicted molar refractivity (Wildman–Crippen MR) is 114 cm³/mol. The average molecular weight is 428 g/mol. The molecule has 0 unspecified atom stereocenters. The van der Waals surface area contributed by atoms with Crippen molar-refractivity contribution in [2.45, 2.75) is 38.3 Å². The molecule has 30 heavy (non-hydrogen) atoms. The lowest BCUT2D eigenvalue weighted by atomic mass is 10.2. The van der Waals surface area contributed by atoms with E-state index < -0.39 is 10.0 Å². The number of hydrogen-bond donors (Lipinski definition) is 1. The summed E-state index contributed by atoms with van der Waals surface area (Å²) in [6, 6.07) is 15.7. The van der Waals surface area contributed by atoms with Gasteiger partial charge in [0.15, 0.2) is 5.69 Å². The van der Waals surface area contributed by atoms with E-state index in [1.54, 1.807) is 38.2 Å². The van der Waals surface area contributed by atoms with Crippen molar-refractivity contribution in [1.82, 2.24) is 14.6 Å². The fourth-order valence-electron chi connectivity index (χ4n) is 2.80. The average Bonchev–Trinajstić information content (AvgIpc) is 3.14. The summed E-state index contributed by atoms with van der Waals surface area (Å²) in [6.07, 6.45) is 0. The van der Waals surface area contributed by atoms with Gasteiger partial charge in [-0.25, -0.2) is 13.4 Å². The number of carbonyl (C=O) groups excluding carboxylic acids is 1. The number of sulfonamides is 1. The fraction of sp³-hybridized carbons (Fsp3) is 0.273. The van der Waals surface area contributed by atoms with Crippen LogP contribution in [0.4, 0.5) is 0 Å². The van der Waals surface area contributed by atoms with Gasteiger partial charge in [0.1, 0.15) is 5.76 Å². The highest BCUT2D eigenvalue weighted by molar-refractivity contribution is 7.89. The lowest BCUT2D eigenvalue weighted by molar-refractivity contribution is 0.0945. The fourth-order valence-corrected chi connectivity index (χ4v) is 4.17. The van der Waals surface area contributed by atoms with Gasteiger partial charge in [0, 0.05) is 25.2 Å². The van der Waals surface area contributed by atoms with Crippen LogP contribution in [-0.2, 0) is 16.6 Å². The quantitative estimate of drug-likeness (QED) is 0.622. The molecule has 0 bridgehead atoms. The standard InChI is InChI=1S/C22H25N3O4S/c1-15(2)25(4)30(27,28)19-12-10-17(11-13-19)14-23-21(26)20-16(3)29-22(24-20)18-8-6-5-7-9-18/h5-13,15H,14H2,1-4H3,(H,23,26). The molecular weight excluding hydrogens is 402 g/mol. The maximum absolute atomic E-state index is 12.5. The summed E-state index contributed by atoms with van der Waals surface area (Å²) in [7, 11) is -1.98. The van der Waals surface area contributed by atoms with Gasteiger partial charge in [-0.3, -0.25) is 4.79 Å². The van der Waals surface area contributed by atoms with Gasteiger partial charge in [-0.2, -0.15) is 4.31 Å². The number of rotatable bonds is 7. The van der Waals surface area contributed by atoms with Crippen molar-refractivity contribution < 1.29 is 17.6 Å². The Balaban J connectivity index is 1.68. The Bertz CT molecular complexity index is 1120. The van der Waals surface area contributed by atoms with Gasteiger partial charge >= 0.3 is 0 Å². The van der Waals surface area contributed by atoms with E-state index in [4.69, 9.17) is 4.42 Å². The van der Waals surface area contributed by atoms with Crippen LogP contribution in [0.25, 0.3) is 11.5 Å². The van der Waals surface area contributed by atoms with Crippen LogP contribution in [0.3, 0.4) is 0 Å². The van der Waals surface area contributed by atoms with Crippen molar-refractivity contribution in [1.29, 1.82) is 0 Å². The van der Waals surface area contributed by atoms with Gasteiger partial charge < -0.3 is 9.73 Å². The minimum atomic E-state index is -3.53. The van der Waals surface area contributed by atoms with E-state index in [1.165, 1.54) is 4.31 Å². The molecule has 0 aliphatic carbocycles. The van der Waals surface area contributed by atoms with Gasteiger partial charge in [0.05, 0.1) is 4.90 Å². The first-order chi connectivity index (χ1) is 14.2. The zero-order chi connectivity index (χ0) is 21.9. The molecule has 1 heterocycles. The Hall–Kier alpha value is -2.97. The van der Waals surface area contributed by atoms with Gasteiger partial charge in [0.2, 0.25) is 15.9 Å². The van der Waals surface area contributed by atoms with Gasteiger partial charge in [-0.15, -0.1) is 0 Å². The Morgan fingerprint density at radius 2 is 1.73 bits per heavy atom. The van der Waals surface area contributed by atoms with E-state index >= 15 is 0 Å². The van der Waals surface area contributed by atoms with Crippen molar-refractivity contribution in [3.8, 4) is 11.5 Å². The second-order valence-corrected chi connectivity index (χ2v) is 9.23. The molecule has 7 nitrogen and oxygen atoms in total. The maximum Gasteiger partial charge on any atom is 0.273 e. The molecule has 8 heteroatoms. The molecule has 0 aliphatic rings. The number of benzene rings is 2. The molecule has 0 aliphatic heterocycles. The number of hydrogen-bond acceptors (Lipinski definition) is 5. The van der Waals surface area contributed by atoms with E-state index in [0.29, 0.717) is 11.7 Å². The number of amides is 1. The highest BCUT2D eigenvalue weighted by Crippen LogP contribution is 2.21. The zero-order valence-electron chi connectivity index (χ0n) is 17.4. The molecular formula is C22H25N3O4S. The molecule has 1 N–H and O–H groups in total. The number of aromatic nitrogens is 1. The van der Waals surface area contributed by atoms with Crippen LogP contribution in [0.2, 0.25) is 0 Å². The van der Waals surface area contributed by atoms with Crippen molar-refractivity contribution >= 4 is 15.9 Å². The predicted octanol–water partition coefficient (Wildman–Crippen LogP) is 3.61. The summed E-state index contributed by atoms with van der Waals surface area (Å²) >= 11 is 0. The third kappa shape index (κ3) is 4.60. The molecule has 0 atom stereocenters. The number of oxazole rings is 1. The maximum atomic E-state index is 12.5. The Morgan fingerprint density at radius 3 is 2.33 bits per heavy atom. The molecule has 0 radical (unpaired) electrons. The van der Waals surface area contributed by atoms with Crippen molar-refractivity contribution in [3.05, 3.63) is 71.6 Å². The number of carbonyl (C=O) groups is 1. The van der Waals surface area contributed by atoms with Crippen LogP contribution < -0.4 is 5.32 Å². The van der Waals surface area contributed by atoms with E-state index in [1.807, 2.05) is 44.2 Å². The van der Waals surface area contributed by atoms with Crippen molar-refractivity contribution in [2.24, 2.45) is 0 Å². The van der Waals surface area contributed by atoms with E-state index in [-0.39, 0.29) is 29.1 Å². The highest BCUT2D eigenvalue weighted by Gasteiger charge is 2.23. The largest absolute Gasteiger partial charge is 0.441 e. The van der Waals surface area contributed by atoms with Crippen LogP contribution in [0.1, 0.15) is 35.7 Å². The Labute approximate surface area is 176 Å². The van der Waals surface area contributed by atoms with Crippen LogP contribution in [0, 0.1) is 6.92 Å². The third-order valence-corrected chi connectivity index (χ3v) is 6.86. The highest BCUT2D eigenvalue weighted by atomic mass is 32.2. The number of aryl methyl sites for hydroxylation is 1. The van der Waals surface area contributed by atoms with Crippen LogP contribution in [0.5, 0.6) is 0 Å². The molecule has 0 saturated heterocycles. The first-order valence-electron chi connectivity index (χ1n) is 9.58. The zero-order valence-corrected chi connectivity index (χ0v) is 18.2. The van der Waals surface area contributed by atoms with E-state index in [0.717, 1.165) is 11.1 Å². The Morgan fingerprint density at radius 1 is 1.10 bits per heavy atom. The molecule has 0 spiro atoms. The smallest absolute Gasteiger partial charge is 0.273 e. The molecule has 1 amide bonds. The molecule has 158 valence electrons. The normalized spacial score (nSPS) is 11.8. The lowest BCUT2D eigenvalue weighted by Crippen LogP contribution is -2.33. The SMILES string of the molecule is Cc1oc(-c2ccccc2)nc1C(=O)NCc1ccc(S(=O)(=O)N(C)C(C)C)cc1. The summed E-state index contributed by atoms with van der Waals surface area (Å²) in [5.41, 5.74) is 1.80. The first kappa shape index (κ1) is 21.7. The molecule has 3 aromatic rings. The molecule has 1 aromatic heterocycles. The summed E-state index contributed by atoms with van der Waals surface area (Å²) < 4.78 is 32.0. The lowest BCUT2D eigenvalue weighted by Gasteiger charge is -2.21. The van der Waals surface area contributed by atoms with Crippen LogP contribution >= 0.6 is 0 Å². The molecule has 0 fully saturated rings. The Kier molecular flexibility index (Phi) is 6.38. The summed E-state index contributed by atoms with van der Waals surface area (Å²) in [4.78, 5) is 17.1. The minimum Gasteiger partial charge on any atom is -0.441 e. The number of nitrogens with zero attached hydrogens (tertiary/aromatic N) is 2. The van der Waals surface area contributed by atoms with Crippen LogP contribution in [0.15, 0.2) is 63.9 Å². The second-order valence-electron chi connectivity index (χ2n) is 7.23. The van der Waals surface area contributed by atoms with Crippen molar-refractivity contribution in [3.63, 3.8) is 0 Å². The van der Waals surface area contributed by atoms with Gasteiger partial charge in [-0.05, 0) is 50.6 Å². The van der Waals surface area contributed by atoms with Gasteiger partial charge in [-0.1, -0.05) is 30.3 Å². The van der Waals surface area contributed by atoms with Crippen molar-refractivity contribution in [2.75, 3.05) is 7.05 Å². The van der Waals surface area contributed by atoms with Crippen LogP contribution in [-0.4, -0.2) is 36.7 Å². The van der Waals surface area contributed by atoms with E-state index in [9.17, 15) is 13.2 Å². The van der Waals surface area contributed by atoms with Gasteiger partial charge in [0.25, 0.3) is 5.91 Å². The number of nitrogens with one attached hydrogen (secondary N) is 1. The molecule has 2 aromatic carbocycles. The summed E-state index contributed by atoms with van der Waals surface area (Å²) in [5, 5.41) is 2.80. The van der Waals surface area contributed by atoms with E-state index in [2.05, 4.69) is 10.3 Å². The minimum absolute atomic E-state index is 0.138. The second kappa shape index (κ2) is 8.81. The first-order valence-corrected chi connectivity index (χ1v) is 11.0.